The van der Waals surface area contributed by atoms with E-state index in [-0.39, 0.29) is 5.92 Å². The highest BCUT2D eigenvalue weighted by Gasteiger charge is 2.49. The monoisotopic (exact) mass is 313 g/mol. The second kappa shape index (κ2) is 6.27. The van der Waals surface area contributed by atoms with Crippen molar-refractivity contribution in [3.63, 3.8) is 0 Å². The van der Waals surface area contributed by atoms with Crippen LogP contribution in [0.5, 0.6) is 5.75 Å². The topological polar surface area (TPSA) is 38.3 Å². The molecule has 0 bridgehead atoms. The molecule has 23 heavy (non-hydrogen) atoms. The summed E-state index contributed by atoms with van der Waals surface area (Å²) in [6.45, 7) is 1.11. The number of ketones is 1. The summed E-state index contributed by atoms with van der Waals surface area (Å²) < 4.78 is 5.24. The third-order valence-electron chi connectivity index (χ3n) is 6.49. The predicted molar refractivity (Wildman–Crippen MR) is 90.5 cm³/mol. The van der Waals surface area contributed by atoms with E-state index in [1.165, 1.54) is 31.2 Å². The normalized spacial score (nSPS) is 36.4. The van der Waals surface area contributed by atoms with Crippen molar-refractivity contribution in [2.75, 3.05) is 13.7 Å². The van der Waals surface area contributed by atoms with Gasteiger partial charge in [0.15, 0.2) is 0 Å². The van der Waals surface area contributed by atoms with Crippen molar-refractivity contribution in [2.24, 2.45) is 23.7 Å². The molecule has 0 unspecified atom stereocenters. The Morgan fingerprint density at radius 3 is 2.78 bits per heavy atom. The van der Waals surface area contributed by atoms with Gasteiger partial charge in [0.25, 0.3) is 0 Å². The Kier molecular flexibility index (Phi) is 4.14. The smallest absolute Gasteiger partial charge is 0.136 e. The lowest BCUT2D eigenvalue weighted by Gasteiger charge is -2.52. The molecule has 124 valence electrons. The van der Waals surface area contributed by atoms with E-state index in [4.69, 9.17) is 4.74 Å². The van der Waals surface area contributed by atoms with Crippen LogP contribution in [0.2, 0.25) is 0 Å². The van der Waals surface area contributed by atoms with Crippen LogP contribution in [0, 0.1) is 23.7 Å². The van der Waals surface area contributed by atoms with E-state index in [1.807, 2.05) is 12.1 Å². The number of hydrogen-bond donors (Lipinski definition) is 1. The first-order valence-corrected chi connectivity index (χ1v) is 9.15. The Bertz CT molecular complexity index is 566. The van der Waals surface area contributed by atoms with E-state index in [1.54, 1.807) is 7.11 Å². The van der Waals surface area contributed by atoms with Gasteiger partial charge in [-0.2, -0.15) is 0 Å². The van der Waals surface area contributed by atoms with Gasteiger partial charge in [-0.05, 0) is 67.7 Å². The quantitative estimate of drug-likeness (QED) is 0.931. The number of ether oxygens (including phenoxy) is 1. The van der Waals surface area contributed by atoms with Gasteiger partial charge >= 0.3 is 0 Å². The van der Waals surface area contributed by atoms with Gasteiger partial charge in [0.05, 0.1) is 7.11 Å². The first kappa shape index (κ1) is 15.2. The molecular weight excluding hydrogens is 286 g/mol. The molecule has 3 heteroatoms. The molecule has 1 N–H and O–H groups in total. The summed E-state index contributed by atoms with van der Waals surface area (Å²) in [6, 6.07) is 8.93. The zero-order valence-electron chi connectivity index (χ0n) is 14.0. The molecule has 5 atom stereocenters. The molecular formula is C20H27NO2. The van der Waals surface area contributed by atoms with Crippen molar-refractivity contribution >= 4 is 5.78 Å². The molecule has 0 aromatic heterocycles. The zero-order valence-corrected chi connectivity index (χ0v) is 14.0. The molecule has 0 spiro atoms. The molecule has 3 aliphatic rings. The molecule has 1 heterocycles. The van der Waals surface area contributed by atoms with Gasteiger partial charge in [0.1, 0.15) is 11.5 Å². The Labute approximate surface area is 138 Å². The van der Waals surface area contributed by atoms with E-state index < -0.39 is 0 Å². The molecule has 1 aromatic rings. The van der Waals surface area contributed by atoms with Crippen molar-refractivity contribution in [1.29, 1.82) is 0 Å². The minimum Gasteiger partial charge on any atom is -0.497 e. The van der Waals surface area contributed by atoms with E-state index >= 15 is 0 Å². The highest BCUT2D eigenvalue weighted by Crippen LogP contribution is 2.48. The van der Waals surface area contributed by atoms with Crippen LogP contribution in [0.15, 0.2) is 24.3 Å². The SMILES string of the molecule is COc1ccc(C[C@H]2C(=O)C[C@@H]3CCN[C@@H]4CCC[C@H]2[C@@H]34)cc1. The molecule has 3 nitrogen and oxygen atoms in total. The summed E-state index contributed by atoms with van der Waals surface area (Å²) in [5.41, 5.74) is 1.27. The van der Waals surface area contributed by atoms with Crippen molar-refractivity contribution in [1.82, 2.24) is 5.32 Å². The second-order valence-corrected chi connectivity index (χ2v) is 7.61. The first-order valence-electron chi connectivity index (χ1n) is 9.15. The van der Waals surface area contributed by atoms with Crippen LogP contribution >= 0.6 is 0 Å². The lowest BCUT2D eigenvalue weighted by atomic mass is 9.56. The number of hydrogen-bond acceptors (Lipinski definition) is 3. The molecule has 1 aromatic carbocycles. The number of rotatable bonds is 3. The largest absolute Gasteiger partial charge is 0.497 e. The average molecular weight is 313 g/mol. The third kappa shape index (κ3) is 2.80. The molecule has 2 aliphatic carbocycles. The Balaban J connectivity index is 1.55. The maximum atomic E-state index is 12.8. The van der Waals surface area contributed by atoms with Crippen LogP contribution in [0.3, 0.4) is 0 Å². The third-order valence-corrected chi connectivity index (χ3v) is 6.49. The van der Waals surface area contributed by atoms with Crippen LogP contribution in [0.25, 0.3) is 0 Å². The van der Waals surface area contributed by atoms with E-state index in [0.717, 1.165) is 31.1 Å². The lowest BCUT2D eigenvalue weighted by molar-refractivity contribution is -0.134. The average Bonchev–Trinajstić information content (AvgIpc) is 2.59. The van der Waals surface area contributed by atoms with Crippen LogP contribution in [0.4, 0.5) is 0 Å². The minimum atomic E-state index is 0.229. The fourth-order valence-corrected chi connectivity index (χ4v) is 5.46. The van der Waals surface area contributed by atoms with Gasteiger partial charge in [0, 0.05) is 18.4 Å². The molecule has 3 fully saturated rings. The van der Waals surface area contributed by atoms with E-state index in [2.05, 4.69) is 17.4 Å². The summed E-state index contributed by atoms with van der Waals surface area (Å²) >= 11 is 0. The Morgan fingerprint density at radius 2 is 2.00 bits per heavy atom. The van der Waals surface area contributed by atoms with Crippen LogP contribution in [-0.2, 0) is 11.2 Å². The molecule has 2 saturated carbocycles. The molecule has 1 saturated heterocycles. The van der Waals surface area contributed by atoms with E-state index in [0.29, 0.717) is 23.7 Å². The highest BCUT2D eigenvalue weighted by molar-refractivity contribution is 5.83. The fraction of sp³-hybridized carbons (Fsp3) is 0.650. The number of piperidine rings is 1. The summed E-state index contributed by atoms with van der Waals surface area (Å²) in [7, 11) is 1.69. The van der Waals surface area contributed by atoms with Gasteiger partial charge in [0.2, 0.25) is 0 Å². The number of nitrogens with one attached hydrogen (secondary N) is 1. The second-order valence-electron chi connectivity index (χ2n) is 7.61. The summed E-state index contributed by atoms with van der Waals surface area (Å²) in [4.78, 5) is 12.8. The zero-order chi connectivity index (χ0) is 15.8. The maximum Gasteiger partial charge on any atom is 0.136 e. The van der Waals surface area contributed by atoms with Gasteiger partial charge in [-0.1, -0.05) is 18.6 Å². The Morgan fingerprint density at radius 1 is 1.17 bits per heavy atom. The molecule has 4 rings (SSSR count). The number of carbonyl (C=O) groups excluding carboxylic acids is 1. The van der Waals surface area contributed by atoms with Gasteiger partial charge in [-0.3, -0.25) is 4.79 Å². The minimum absolute atomic E-state index is 0.229. The fourth-order valence-electron chi connectivity index (χ4n) is 5.46. The van der Waals surface area contributed by atoms with Crippen molar-refractivity contribution in [2.45, 2.75) is 44.6 Å². The van der Waals surface area contributed by atoms with Gasteiger partial charge in [-0.25, -0.2) is 0 Å². The Hall–Kier alpha value is -1.35. The van der Waals surface area contributed by atoms with Crippen LogP contribution in [0.1, 0.15) is 37.7 Å². The summed E-state index contributed by atoms with van der Waals surface area (Å²) in [6.07, 6.45) is 6.74. The van der Waals surface area contributed by atoms with Crippen LogP contribution < -0.4 is 10.1 Å². The number of carbonyl (C=O) groups is 1. The molecule has 0 amide bonds. The van der Waals surface area contributed by atoms with Gasteiger partial charge < -0.3 is 10.1 Å². The van der Waals surface area contributed by atoms with Crippen molar-refractivity contribution in [3.8, 4) is 5.75 Å². The number of Topliss-reactive ketones (excluding diaryl/α,β-unsaturated/α-hetero) is 1. The standard InChI is InChI=1S/C20H27NO2/c1-23-15-7-5-13(6-8-15)11-17-16-3-2-4-18-20(16)14(9-10-21-18)12-19(17)22/h5-8,14,16-18,20-21H,2-4,9-12H2,1H3/t14-,16+,17+,18+,20+/m0/s1. The summed E-state index contributed by atoms with van der Waals surface area (Å²) in [5, 5.41) is 3.74. The van der Waals surface area contributed by atoms with Crippen molar-refractivity contribution < 1.29 is 9.53 Å². The highest BCUT2D eigenvalue weighted by atomic mass is 16.5. The van der Waals surface area contributed by atoms with Gasteiger partial charge in [-0.15, -0.1) is 0 Å². The predicted octanol–water partition coefficient (Wildman–Crippen LogP) is 3.22. The molecule has 0 radical (unpaired) electrons. The summed E-state index contributed by atoms with van der Waals surface area (Å²) in [5.74, 6) is 3.61. The van der Waals surface area contributed by atoms with E-state index in [9.17, 15) is 4.79 Å². The number of methoxy groups -OCH3 is 1. The number of benzene rings is 1. The van der Waals surface area contributed by atoms with Crippen LogP contribution in [-0.4, -0.2) is 25.5 Å². The van der Waals surface area contributed by atoms with Crippen molar-refractivity contribution in [3.05, 3.63) is 29.8 Å². The molecule has 1 aliphatic heterocycles. The lowest BCUT2D eigenvalue weighted by Crippen LogP contribution is -2.56. The maximum absolute atomic E-state index is 12.8. The first-order chi connectivity index (χ1) is 11.3.